The maximum Gasteiger partial charge on any atom is 0.0725 e. The molecule has 0 nitrogen and oxygen atoms in total. The molecule has 35 valence electrons. The van der Waals surface area contributed by atoms with Gasteiger partial charge >= 0.3 is 0 Å². The fraction of sp³-hybridized carbons (Fsp3) is 0.600. The fourth-order valence-electron chi connectivity index (χ4n) is 0. The van der Waals surface area contributed by atoms with Gasteiger partial charge in [-0.3, -0.25) is 0 Å². The summed E-state index contributed by atoms with van der Waals surface area (Å²) in [5, 5.41) is 1.36. The summed E-state index contributed by atoms with van der Waals surface area (Å²) in [5.41, 5.74) is 0. The van der Waals surface area contributed by atoms with E-state index < -0.39 is 0 Å². The Morgan fingerprint density at radius 1 is 1.50 bits per heavy atom. The standard InChI is InChI=1S/C5H11Si/c1-5(2)6(3)4/h1H2,2-4H3. The van der Waals surface area contributed by atoms with Gasteiger partial charge in [0.15, 0.2) is 0 Å². The van der Waals surface area contributed by atoms with Crippen LogP contribution in [0.3, 0.4) is 0 Å². The molecule has 0 aliphatic carbocycles. The minimum Gasteiger partial charge on any atom is -0.104 e. The van der Waals surface area contributed by atoms with E-state index in [9.17, 15) is 0 Å². The molecule has 1 radical (unpaired) electrons. The normalized spacial score (nSPS) is 9.33. The highest BCUT2D eigenvalue weighted by Gasteiger charge is 1.90. The first kappa shape index (κ1) is 5.96. The van der Waals surface area contributed by atoms with E-state index in [-0.39, 0.29) is 8.80 Å². The van der Waals surface area contributed by atoms with Gasteiger partial charge in [0, 0.05) is 0 Å². The average molecular weight is 99.2 g/mol. The highest BCUT2D eigenvalue weighted by molar-refractivity contribution is 6.63. The molecule has 0 unspecified atom stereocenters. The van der Waals surface area contributed by atoms with Gasteiger partial charge in [0.1, 0.15) is 0 Å². The van der Waals surface area contributed by atoms with Crippen LogP contribution in [0.15, 0.2) is 11.8 Å². The van der Waals surface area contributed by atoms with E-state index in [0.29, 0.717) is 0 Å². The van der Waals surface area contributed by atoms with Crippen molar-refractivity contribution in [1.82, 2.24) is 0 Å². The van der Waals surface area contributed by atoms with Crippen molar-refractivity contribution in [3.8, 4) is 0 Å². The van der Waals surface area contributed by atoms with Crippen LogP contribution < -0.4 is 0 Å². The third-order valence-electron chi connectivity index (χ3n) is 0.854. The molecule has 0 spiro atoms. The Hall–Kier alpha value is -0.0431. The molecule has 6 heavy (non-hydrogen) atoms. The summed E-state index contributed by atoms with van der Waals surface area (Å²) >= 11 is 0. The maximum atomic E-state index is 3.80. The fourth-order valence-corrected chi connectivity index (χ4v) is 0. The third-order valence-corrected chi connectivity index (χ3v) is 2.56. The first-order valence-electron chi connectivity index (χ1n) is 2.10. The van der Waals surface area contributed by atoms with Crippen LogP contribution in [0.4, 0.5) is 0 Å². The topological polar surface area (TPSA) is 0 Å². The van der Waals surface area contributed by atoms with E-state index in [1.807, 2.05) is 0 Å². The molecule has 0 aliphatic heterocycles. The zero-order valence-corrected chi connectivity index (χ0v) is 5.71. The molecule has 1 heteroatoms. The van der Waals surface area contributed by atoms with Gasteiger partial charge in [-0.05, 0) is 6.92 Å². The van der Waals surface area contributed by atoms with Crippen molar-refractivity contribution >= 4 is 8.80 Å². The van der Waals surface area contributed by atoms with Crippen molar-refractivity contribution in [2.24, 2.45) is 0 Å². The summed E-state index contributed by atoms with van der Waals surface area (Å²) in [6.07, 6.45) is 0. The summed E-state index contributed by atoms with van der Waals surface area (Å²) in [4.78, 5) is 0. The average Bonchev–Trinajstić information content (AvgIpc) is 1.36. The lowest BCUT2D eigenvalue weighted by molar-refractivity contribution is 1.64. The predicted octanol–water partition coefficient (Wildman–Crippen LogP) is 1.86. The molecule has 0 bridgehead atoms. The van der Waals surface area contributed by atoms with Gasteiger partial charge in [-0.1, -0.05) is 18.3 Å². The lowest BCUT2D eigenvalue weighted by atomic mass is 10.8. The van der Waals surface area contributed by atoms with E-state index in [2.05, 4.69) is 26.6 Å². The first-order valence-corrected chi connectivity index (χ1v) is 4.60. The van der Waals surface area contributed by atoms with Crippen molar-refractivity contribution in [1.29, 1.82) is 0 Å². The largest absolute Gasteiger partial charge is 0.104 e. The van der Waals surface area contributed by atoms with Crippen LogP contribution in [-0.4, -0.2) is 8.80 Å². The molecule has 0 aromatic rings. The molecule has 0 amide bonds. The summed E-state index contributed by atoms with van der Waals surface area (Å²) in [6.45, 7) is 10.4. The Labute approximate surface area is 41.5 Å². The zero-order valence-electron chi connectivity index (χ0n) is 4.71. The second kappa shape index (κ2) is 2.19. The van der Waals surface area contributed by atoms with E-state index >= 15 is 0 Å². The molecule has 0 atom stereocenters. The molecule has 0 aromatic heterocycles. The Balaban J connectivity index is 3.26. The molecular formula is C5H11Si. The van der Waals surface area contributed by atoms with Crippen molar-refractivity contribution < 1.29 is 0 Å². The number of hydrogen-bond donors (Lipinski definition) is 0. The lowest BCUT2D eigenvalue weighted by Crippen LogP contribution is -1.98. The lowest BCUT2D eigenvalue weighted by Gasteiger charge is -1.94. The summed E-state index contributed by atoms with van der Waals surface area (Å²) in [6, 6.07) is 0. The SMILES string of the molecule is C=C(C)[Si](C)C. The van der Waals surface area contributed by atoms with Gasteiger partial charge in [0.05, 0.1) is 8.80 Å². The van der Waals surface area contributed by atoms with Gasteiger partial charge in [-0.2, -0.15) is 0 Å². The van der Waals surface area contributed by atoms with E-state index in [1.54, 1.807) is 0 Å². The molecule has 0 saturated carbocycles. The van der Waals surface area contributed by atoms with Crippen LogP contribution in [0.2, 0.25) is 13.1 Å². The number of allylic oxidation sites excluding steroid dienone is 1. The summed E-state index contributed by atoms with van der Waals surface area (Å²) in [7, 11) is -0.146. The minimum absolute atomic E-state index is 0.146. The van der Waals surface area contributed by atoms with E-state index in [0.717, 1.165) is 0 Å². The van der Waals surface area contributed by atoms with Crippen LogP contribution in [0.5, 0.6) is 0 Å². The first-order chi connectivity index (χ1) is 2.64. The maximum absolute atomic E-state index is 3.80. The van der Waals surface area contributed by atoms with Gasteiger partial charge in [-0.15, -0.1) is 6.58 Å². The smallest absolute Gasteiger partial charge is 0.0725 e. The van der Waals surface area contributed by atoms with E-state index in [4.69, 9.17) is 0 Å². The van der Waals surface area contributed by atoms with Gasteiger partial charge in [0.25, 0.3) is 0 Å². The molecule has 0 aliphatic rings. The monoisotopic (exact) mass is 99.1 g/mol. The Morgan fingerprint density at radius 2 is 1.67 bits per heavy atom. The summed E-state index contributed by atoms with van der Waals surface area (Å²) in [5.74, 6) is 0. The summed E-state index contributed by atoms with van der Waals surface area (Å²) < 4.78 is 0. The number of hydrogen-bond acceptors (Lipinski definition) is 0. The molecule has 0 aromatic carbocycles. The second-order valence-corrected chi connectivity index (χ2v) is 4.63. The van der Waals surface area contributed by atoms with Crippen LogP contribution in [0.25, 0.3) is 0 Å². The highest BCUT2D eigenvalue weighted by Crippen LogP contribution is 1.91. The van der Waals surface area contributed by atoms with Crippen molar-refractivity contribution in [2.45, 2.75) is 20.0 Å². The Kier molecular flexibility index (Phi) is 2.17. The molecule has 0 fully saturated rings. The molecule has 0 heterocycles. The Morgan fingerprint density at radius 3 is 1.67 bits per heavy atom. The van der Waals surface area contributed by atoms with Crippen LogP contribution in [0.1, 0.15) is 6.92 Å². The minimum atomic E-state index is -0.146. The van der Waals surface area contributed by atoms with E-state index in [1.165, 1.54) is 5.20 Å². The van der Waals surface area contributed by atoms with Crippen LogP contribution in [-0.2, 0) is 0 Å². The Bertz CT molecular complexity index is 55.0. The second-order valence-electron chi connectivity index (χ2n) is 1.78. The van der Waals surface area contributed by atoms with Crippen molar-refractivity contribution in [2.75, 3.05) is 0 Å². The van der Waals surface area contributed by atoms with Crippen LogP contribution in [0, 0.1) is 0 Å². The van der Waals surface area contributed by atoms with Crippen molar-refractivity contribution in [3.05, 3.63) is 11.8 Å². The highest BCUT2D eigenvalue weighted by atomic mass is 28.3. The molecule has 0 rings (SSSR count). The third kappa shape index (κ3) is 2.21. The number of rotatable bonds is 1. The quantitative estimate of drug-likeness (QED) is 0.440. The molecule has 0 N–H and O–H groups in total. The molecular weight excluding hydrogens is 88.1 g/mol. The zero-order chi connectivity index (χ0) is 5.15. The predicted molar refractivity (Wildman–Crippen MR) is 32.3 cm³/mol. The van der Waals surface area contributed by atoms with Gasteiger partial charge in [-0.25, -0.2) is 0 Å². The van der Waals surface area contributed by atoms with Crippen LogP contribution >= 0.6 is 0 Å². The van der Waals surface area contributed by atoms with Gasteiger partial charge in [0.2, 0.25) is 0 Å². The van der Waals surface area contributed by atoms with Crippen molar-refractivity contribution in [3.63, 3.8) is 0 Å². The van der Waals surface area contributed by atoms with Gasteiger partial charge < -0.3 is 0 Å². The molecule has 0 saturated heterocycles.